The Morgan fingerprint density at radius 1 is 1.23 bits per heavy atom. The summed E-state index contributed by atoms with van der Waals surface area (Å²) in [5, 5.41) is 5.81. The predicted octanol–water partition coefficient (Wildman–Crippen LogP) is 1.25. The van der Waals surface area contributed by atoms with Gasteiger partial charge in [0, 0.05) is 19.4 Å². The third-order valence-electron chi connectivity index (χ3n) is 4.88. The monoisotopic (exact) mass is 357 g/mol. The van der Waals surface area contributed by atoms with Crippen LogP contribution in [-0.2, 0) is 20.8 Å². The molecule has 0 bridgehead atoms. The van der Waals surface area contributed by atoms with Crippen molar-refractivity contribution in [1.82, 2.24) is 15.5 Å². The summed E-state index contributed by atoms with van der Waals surface area (Å²) in [5.41, 5.74) is 0.896. The third-order valence-corrected chi connectivity index (χ3v) is 4.88. The van der Waals surface area contributed by atoms with Crippen LogP contribution in [0.4, 0.5) is 0 Å². The lowest BCUT2D eigenvalue weighted by molar-refractivity contribution is -0.147. The minimum absolute atomic E-state index is 0.0639. The number of hydrogen-bond donors (Lipinski definition) is 2. The Morgan fingerprint density at radius 3 is 2.58 bits per heavy atom. The molecule has 2 fully saturated rings. The van der Waals surface area contributed by atoms with E-state index in [9.17, 15) is 14.4 Å². The van der Waals surface area contributed by atoms with Gasteiger partial charge in [0.15, 0.2) is 0 Å². The first-order chi connectivity index (χ1) is 12.2. The molecule has 0 radical (unpaired) electrons. The van der Waals surface area contributed by atoms with Crippen molar-refractivity contribution in [2.45, 2.75) is 58.2 Å². The second-order valence-electron chi connectivity index (χ2n) is 8.43. The summed E-state index contributed by atoms with van der Waals surface area (Å²) < 4.78 is 0. The number of rotatable bonds is 4. The lowest BCUT2D eigenvalue weighted by Crippen LogP contribution is -2.65. The number of fused-ring (bicyclic) bond motifs is 1. The number of piperazine rings is 1. The molecule has 140 valence electrons. The van der Waals surface area contributed by atoms with Gasteiger partial charge in [0.2, 0.25) is 17.7 Å². The van der Waals surface area contributed by atoms with Crippen LogP contribution in [0.3, 0.4) is 0 Å². The Kier molecular flexibility index (Phi) is 5.03. The van der Waals surface area contributed by atoms with E-state index in [1.807, 2.05) is 51.1 Å². The zero-order chi connectivity index (χ0) is 18.9. The second kappa shape index (κ2) is 7.09. The van der Waals surface area contributed by atoms with Crippen molar-refractivity contribution >= 4 is 17.7 Å². The van der Waals surface area contributed by atoms with Crippen LogP contribution < -0.4 is 10.6 Å². The molecule has 6 nitrogen and oxygen atoms in total. The van der Waals surface area contributed by atoms with E-state index in [1.54, 1.807) is 4.90 Å². The highest BCUT2D eigenvalue weighted by molar-refractivity contribution is 5.98. The zero-order valence-corrected chi connectivity index (χ0v) is 15.6. The molecule has 2 aliphatic heterocycles. The highest BCUT2D eigenvalue weighted by atomic mass is 16.2. The van der Waals surface area contributed by atoms with Crippen LogP contribution in [0.1, 0.15) is 39.2 Å². The van der Waals surface area contributed by atoms with E-state index in [4.69, 9.17) is 0 Å². The first kappa shape index (κ1) is 18.4. The van der Waals surface area contributed by atoms with Crippen molar-refractivity contribution in [1.29, 1.82) is 0 Å². The van der Waals surface area contributed by atoms with Gasteiger partial charge in [-0.05, 0) is 17.4 Å². The van der Waals surface area contributed by atoms with Gasteiger partial charge in [-0.1, -0.05) is 51.1 Å². The molecule has 0 aromatic heterocycles. The van der Waals surface area contributed by atoms with Crippen LogP contribution in [0.15, 0.2) is 30.3 Å². The Labute approximate surface area is 154 Å². The van der Waals surface area contributed by atoms with E-state index < -0.39 is 12.1 Å². The maximum Gasteiger partial charge on any atom is 0.246 e. The number of benzene rings is 1. The molecule has 2 heterocycles. The molecule has 1 aromatic rings. The molecule has 3 rings (SSSR count). The van der Waals surface area contributed by atoms with Crippen molar-refractivity contribution in [3.8, 4) is 0 Å². The van der Waals surface area contributed by atoms with Crippen molar-refractivity contribution in [3.63, 3.8) is 0 Å². The molecule has 2 N–H and O–H groups in total. The summed E-state index contributed by atoms with van der Waals surface area (Å²) in [4.78, 5) is 39.3. The fourth-order valence-electron chi connectivity index (χ4n) is 3.76. The summed E-state index contributed by atoms with van der Waals surface area (Å²) in [6.45, 7) is 6.50. The van der Waals surface area contributed by atoms with Crippen molar-refractivity contribution in [2.24, 2.45) is 5.41 Å². The standard InChI is InChI=1S/C20H27N3O3/c1-20(2,3)12-16(24)21-14-9-10-23-17(14)18(25)22-15(19(23)26)11-13-7-5-4-6-8-13/h4-8,14-15,17H,9-12H2,1-3H3,(H,21,24)(H,22,25)/t14-,15+,17-/m0/s1. The van der Waals surface area contributed by atoms with Crippen molar-refractivity contribution in [2.75, 3.05) is 6.54 Å². The van der Waals surface area contributed by atoms with Crippen LogP contribution in [0.25, 0.3) is 0 Å². The molecule has 26 heavy (non-hydrogen) atoms. The molecule has 3 amide bonds. The second-order valence-corrected chi connectivity index (χ2v) is 8.43. The highest BCUT2D eigenvalue weighted by Crippen LogP contribution is 2.25. The molecule has 2 saturated heterocycles. The first-order valence-corrected chi connectivity index (χ1v) is 9.19. The summed E-state index contributed by atoms with van der Waals surface area (Å²) in [7, 11) is 0. The largest absolute Gasteiger partial charge is 0.351 e. The van der Waals surface area contributed by atoms with Crippen molar-refractivity contribution < 1.29 is 14.4 Å². The number of nitrogens with zero attached hydrogens (tertiary/aromatic N) is 1. The van der Waals surface area contributed by atoms with Crippen molar-refractivity contribution in [3.05, 3.63) is 35.9 Å². The smallest absolute Gasteiger partial charge is 0.246 e. The van der Waals surface area contributed by atoms with Crippen LogP contribution in [0, 0.1) is 5.41 Å². The minimum atomic E-state index is -0.599. The summed E-state index contributed by atoms with van der Waals surface area (Å²) >= 11 is 0. The average molecular weight is 357 g/mol. The summed E-state index contributed by atoms with van der Waals surface area (Å²) in [6, 6.07) is 8.21. The van der Waals surface area contributed by atoms with E-state index >= 15 is 0 Å². The van der Waals surface area contributed by atoms with E-state index in [1.165, 1.54) is 0 Å². The SMILES string of the molecule is CC(C)(C)CC(=O)N[C@H]1CCN2C(=O)[C@@H](Cc3ccccc3)NC(=O)[C@H]12. The number of hydrogen-bond acceptors (Lipinski definition) is 3. The number of carbonyl (C=O) groups excluding carboxylic acids is 3. The van der Waals surface area contributed by atoms with E-state index in [0.717, 1.165) is 5.56 Å². The number of carbonyl (C=O) groups is 3. The average Bonchev–Trinajstić information content (AvgIpc) is 2.96. The van der Waals surface area contributed by atoms with Crippen LogP contribution >= 0.6 is 0 Å². The van der Waals surface area contributed by atoms with Gasteiger partial charge in [0.25, 0.3) is 0 Å². The quantitative estimate of drug-likeness (QED) is 0.851. The highest BCUT2D eigenvalue weighted by Gasteiger charge is 2.48. The zero-order valence-electron chi connectivity index (χ0n) is 15.6. The normalized spacial score (nSPS) is 25.7. The number of nitrogens with one attached hydrogen (secondary N) is 2. The van der Waals surface area contributed by atoms with Gasteiger partial charge in [-0.3, -0.25) is 14.4 Å². The minimum Gasteiger partial charge on any atom is -0.351 e. The number of amides is 3. The van der Waals surface area contributed by atoms with E-state index in [2.05, 4.69) is 10.6 Å². The molecular formula is C20H27N3O3. The molecule has 0 aliphatic carbocycles. The van der Waals surface area contributed by atoms with Gasteiger partial charge in [-0.2, -0.15) is 0 Å². The van der Waals surface area contributed by atoms with E-state index in [-0.39, 0.29) is 29.2 Å². The molecular weight excluding hydrogens is 330 g/mol. The van der Waals surface area contributed by atoms with E-state index in [0.29, 0.717) is 25.8 Å². The summed E-state index contributed by atoms with van der Waals surface area (Å²) in [5.74, 6) is -0.314. The Balaban J connectivity index is 1.66. The fraction of sp³-hybridized carbons (Fsp3) is 0.550. The van der Waals surface area contributed by atoms with Crippen LogP contribution in [0.2, 0.25) is 0 Å². The predicted molar refractivity (Wildman–Crippen MR) is 98.2 cm³/mol. The van der Waals surface area contributed by atoms with Gasteiger partial charge in [0.1, 0.15) is 12.1 Å². The fourth-order valence-corrected chi connectivity index (χ4v) is 3.76. The molecule has 2 aliphatic rings. The molecule has 0 unspecified atom stereocenters. The maximum absolute atomic E-state index is 12.8. The van der Waals surface area contributed by atoms with Gasteiger partial charge in [0.05, 0.1) is 6.04 Å². The van der Waals surface area contributed by atoms with Gasteiger partial charge in [-0.15, -0.1) is 0 Å². The molecule has 1 aromatic carbocycles. The lowest BCUT2D eigenvalue weighted by atomic mass is 9.91. The molecule has 3 atom stereocenters. The maximum atomic E-state index is 12.8. The molecule has 0 saturated carbocycles. The Hall–Kier alpha value is -2.37. The summed E-state index contributed by atoms with van der Waals surface area (Å²) in [6.07, 6.45) is 1.48. The van der Waals surface area contributed by atoms with Gasteiger partial charge >= 0.3 is 0 Å². The topological polar surface area (TPSA) is 78.5 Å². The Morgan fingerprint density at radius 2 is 1.92 bits per heavy atom. The van der Waals surface area contributed by atoms with Crippen LogP contribution in [0.5, 0.6) is 0 Å². The lowest BCUT2D eigenvalue weighted by Gasteiger charge is -2.36. The molecule has 0 spiro atoms. The first-order valence-electron chi connectivity index (χ1n) is 9.19. The van der Waals surface area contributed by atoms with Gasteiger partial charge in [-0.25, -0.2) is 0 Å². The molecule has 6 heteroatoms. The van der Waals surface area contributed by atoms with Crippen LogP contribution in [-0.4, -0.2) is 47.3 Å². The third kappa shape index (κ3) is 4.06. The Bertz CT molecular complexity index is 696. The van der Waals surface area contributed by atoms with Gasteiger partial charge < -0.3 is 15.5 Å².